The minimum absolute atomic E-state index is 0.103. The van der Waals surface area contributed by atoms with E-state index in [1.54, 1.807) is 30.3 Å². The number of nitrogens with zero attached hydrogens (tertiary/aromatic N) is 3. The van der Waals surface area contributed by atoms with Crippen LogP contribution >= 0.6 is 11.6 Å². The molecule has 0 aromatic heterocycles. The Morgan fingerprint density at radius 3 is 2.44 bits per heavy atom. The summed E-state index contributed by atoms with van der Waals surface area (Å²) in [5.74, 6) is 0.152. The van der Waals surface area contributed by atoms with E-state index < -0.39 is 0 Å². The Morgan fingerprint density at radius 1 is 1.19 bits per heavy atom. The molecular formula is C20H21ClN4O2. The van der Waals surface area contributed by atoms with Crippen molar-refractivity contribution in [1.82, 2.24) is 4.90 Å². The molecule has 2 aromatic rings. The van der Waals surface area contributed by atoms with Crippen molar-refractivity contribution in [2.45, 2.75) is 13.0 Å². The number of hydrogen-bond donors (Lipinski definition) is 2. The van der Waals surface area contributed by atoms with Gasteiger partial charge in [-0.25, -0.2) is 0 Å². The van der Waals surface area contributed by atoms with Crippen LogP contribution in [0.15, 0.2) is 42.5 Å². The van der Waals surface area contributed by atoms with E-state index in [2.05, 4.69) is 15.1 Å². The smallest absolute Gasteiger partial charge is 0.241 e. The lowest BCUT2D eigenvalue weighted by Crippen LogP contribution is -2.52. The van der Waals surface area contributed by atoms with Gasteiger partial charge in [0, 0.05) is 37.6 Å². The van der Waals surface area contributed by atoms with E-state index in [1.165, 1.54) is 0 Å². The first-order valence-electron chi connectivity index (χ1n) is 8.76. The highest BCUT2D eigenvalue weighted by atomic mass is 35.5. The number of benzene rings is 2. The number of halogens is 1. The first-order chi connectivity index (χ1) is 13.0. The lowest BCUT2D eigenvalue weighted by molar-refractivity contribution is -0.120. The number of nitriles is 1. The van der Waals surface area contributed by atoms with E-state index in [-0.39, 0.29) is 17.7 Å². The van der Waals surface area contributed by atoms with E-state index in [0.717, 1.165) is 31.9 Å². The maximum atomic E-state index is 12.6. The van der Waals surface area contributed by atoms with Crippen LogP contribution in [0.25, 0.3) is 0 Å². The van der Waals surface area contributed by atoms with E-state index in [0.29, 0.717) is 16.3 Å². The molecule has 2 N–H and O–H groups in total. The molecule has 1 aliphatic rings. The molecule has 3 rings (SSSR count). The second-order valence-corrected chi connectivity index (χ2v) is 6.92. The number of aromatic hydroxyl groups is 1. The minimum Gasteiger partial charge on any atom is -0.508 e. The molecule has 2 aromatic carbocycles. The number of carbonyl (C=O) groups excluding carboxylic acids is 1. The highest BCUT2D eigenvalue weighted by molar-refractivity contribution is 6.32. The van der Waals surface area contributed by atoms with Gasteiger partial charge >= 0.3 is 0 Å². The Hall–Kier alpha value is -2.75. The molecule has 0 aliphatic carbocycles. The normalized spacial score (nSPS) is 15.8. The van der Waals surface area contributed by atoms with Crippen LogP contribution in [0.3, 0.4) is 0 Å². The van der Waals surface area contributed by atoms with Gasteiger partial charge in [0.25, 0.3) is 0 Å². The number of phenols is 1. The molecule has 1 fully saturated rings. The molecule has 1 aliphatic heterocycles. The molecule has 1 saturated heterocycles. The topological polar surface area (TPSA) is 79.6 Å². The van der Waals surface area contributed by atoms with Crippen molar-refractivity contribution >= 4 is 28.9 Å². The number of amides is 1. The van der Waals surface area contributed by atoms with E-state index in [1.807, 2.05) is 25.1 Å². The summed E-state index contributed by atoms with van der Waals surface area (Å²) >= 11 is 6.02. The van der Waals surface area contributed by atoms with E-state index >= 15 is 0 Å². The average Bonchev–Trinajstić information content (AvgIpc) is 2.68. The van der Waals surface area contributed by atoms with Crippen molar-refractivity contribution in [1.29, 1.82) is 5.26 Å². The number of anilines is 2. The summed E-state index contributed by atoms with van der Waals surface area (Å²) in [6.07, 6.45) is 0. The van der Waals surface area contributed by atoms with Gasteiger partial charge in [-0.1, -0.05) is 11.6 Å². The number of phenolic OH excluding ortho intramolecular Hbond substituents is 1. The van der Waals surface area contributed by atoms with E-state index in [4.69, 9.17) is 16.9 Å². The molecule has 1 atom stereocenters. The number of carbonyl (C=O) groups is 1. The summed E-state index contributed by atoms with van der Waals surface area (Å²) in [7, 11) is 0. The molecule has 7 heteroatoms. The molecule has 1 heterocycles. The van der Waals surface area contributed by atoms with Crippen LogP contribution in [0.2, 0.25) is 5.02 Å². The molecule has 0 unspecified atom stereocenters. The van der Waals surface area contributed by atoms with Crippen molar-refractivity contribution in [2.24, 2.45) is 0 Å². The average molecular weight is 385 g/mol. The molecule has 0 spiro atoms. The molecular weight excluding hydrogens is 364 g/mol. The number of hydrogen-bond acceptors (Lipinski definition) is 5. The molecule has 27 heavy (non-hydrogen) atoms. The van der Waals surface area contributed by atoms with Crippen molar-refractivity contribution < 1.29 is 9.90 Å². The zero-order chi connectivity index (χ0) is 19.4. The summed E-state index contributed by atoms with van der Waals surface area (Å²) in [5.41, 5.74) is 2.03. The van der Waals surface area contributed by atoms with Crippen molar-refractivity contribution in [3.63, 3.8) is 0 Å². The maximum Gasteiger partial charge on any atom is 0.241 e. The fourth-order valence-corrected chi connectivity index (χ4v) is 3.35. The van der Waals surface area contributed by atoms with Gasteiger partial charge in [0.2, 0.25) is 5.91 Å². The summed E-state index contributed by atoms with van der Waals surface area (Å²) in [6.45, 7) is 5.04. The first-order valence-corrected chi connectivity index (χ1v) is 9.14. The second-order valence-electron chi connectivity index (χ2n) is 6.51. The molecule has 0 radical (unpaired) electrons. The summed E-state index contributed by atoms with van der Waals surface area (Å²) in [5, 5.41) is 21.5. The number of piperazine rings is 1. The van der Waals surface area contributed by atoms with Crippen molar-refractivity contribution in [3.8, 4) is 11.8 Å². The molecule has 0 bridgehead atoms. The van der Waals surface area contributed by atoms with Gasteiger partial charge in [-0.3, -0.25) is 9.69 Å². The monoisotopic (exact) mass is 384 g/mol. The molecule has 1 amide bonds. The van der Waals surface area contributed by atoms with Crippen LogP contribution in [-0.2, 0) is 4.79 Å². The van der Waals surface area contributed by atoms with Gasteiger partial charge in [0.05, 0.1) is 16.6 Å². The highest BCUT2D eigenvalue weighted by Crippen LogP contribution is 2.22. The minimum atomic E-state index is -0.276. The van der Waals surface area contributed by atoms with Crippen LogP contribution in [0.1, 0.15) is 12.5 Å². The quantitative estimate of drug-likeness (QED) is 0.846. The molecule has 0 saturated carbocycles. The van der Waals surface area contributed by atoms with Crippen LogP contribution in [0.4, 0.5) is 11.4 Å². The van der Waals surface area contributed by atoms with Gasteiger partial charge in [-0.05, 0) is 49.4 Å². The summed E-state index contributed by atoms with van der Waals surface area (Å²) in [6, 6.07) is 13.7. The maximum absolute atomic E-state index is 12.6. The molecule has 140 valence electrons. The van der Waals surface area contributed by atoms with Crippen LogP contribution < -0.4 is 10.2 Å². The number of rotatable bonds is 4. The van der Waals surface area contributed by atoms with Gasteiger partial charge in [0.1, 0.15) is 11.8 Å². The fourth-order valence-electron chi connectivity index (χ4n) is 3.13. The third kappa shape index (κ3) is 4.51. The Labute approximate surface area is 163 Å². The Bertz CT molecular complexity index is 855. The lowest BCUT2D eigenvalue weighted by atomic mass is 10.1. The van der Waals surface area contributed by atoms with Gasteiger partial charge in [-0.15, -0.1) is 0 Å². The largest absolute Gasteiger partial charge is 0.508 e. The van der Waals surface area contributed by atoms with Crippen LogP contribution in [-0.4, -0.2) is 48.1 Å². The Morgan fingerprint density at radius 2 is 1.85 bits per heavy atom. The third-order valence-corrected chi connectivity index (χ3v) is 5.13. The predicted octanol–water partition coefficient (Wildman–Crippen LogP) is 3.07. The van der Waals surface area contributed by atoms with Crippen LogP contribution in [0, 0.1) is 11.3 Å². The van der Waals surface area contributed by atoms with Gasteiger partial charge in [0.15, 0.2) is 0 Å². The summed E-state index contributed by atoms with van der Waals surface area (Å²) in [4.78, 5) is 16.9. The Kier molecular flexibility index (Phi) is 5.84. The highest BCUT2D eigenvalue weighted by Gasteiger charge is 2.25. The van der Waals surface area contributed by atoms with Crippen molar-refractivity contribution in [3.05, 3.63) is 53.1 Å². The van der Waals surface area contributed by atoms with E-state index in [9.17, 15) is 9.90 Å². The third-order valence-electron chi connectivity index (χ3n) is 4.81. The van der Waals surface area contributed by atoms with Crippen molar-refractivity contribution in [2.75, 3.05) is 36.4 Å². The zero-order valence-electron chi connectivity index (χ0n) is 15.0. The zero-order valence-corrected chi connectivity index (χ0v) is 15.8. The SMILES string of the molecule is C[C@@H](C(=O)Nc1ccc(C#N)c(Cl)c1)N1CCN(c2ccc(O)cc2)CC1. The number of nitrogens with one attached hydrogen (secondary N) is 1. The lowest BCUT2D eigenvalue weighted by Gasteiger charge is -2.38. The second kappa shape index (κ2) is 8.30. The Balaban J connectivity index is 1.56. The van der Waals surface area contributed by atoms with Crippen LogP contribution in [0.5, 0.6) is 5.75 Å². The summed E-state index contributed by atoms with van der Waals surface area (Å²) < 4.78 is 0. The molecule has 6 nitrogen and oxygen atoms in total. The first kappa shape index (κ1) is 19.0. The van der Waals surface area contributed by atoms with Gasteiger partial charge < -0.3 is 15.3 Å². The standard InChI is InChI=1S/C20H21ClN4O2/c1-14(20(27)23-16-3-2-15(13-22)19(21)12-16)24-8-10-25(11-9-24)17-4-6-18(26)7-5-17/h2-7,12,14,26H,8-11H2,1H3,(H,23,27)/t14-/m0/s1. The fraction of sp³-hybridized carbons (Fsp3) is 0.300. The predicted molar refractivity (Wildman–Crippen MR) is 106 cm³/mol. The van der Waals surface area contributed by atoms with Gasteiger partial charge in [-0.2, -0.15) is 5.26 Å².